The molecule has 104 heavy (non-hydrogen) atoms. The van der Waals surface area contributed by atoms with Crippen molar-refractivity contribution in [2.24, 2.45) is 22.9 Å². The molecule has 3 rings (SSSR count). The van der Waals surface area contributed by atoms with E-state index in [0.717, 1.165) is 0 Å². The molecule has 14 N–H and O–H groups in total. The molecule has 13 atom stereocenters. The van der Waals surface area contributed by atoms with Gasteiger partial charge in [-0.15, -0.1) is 35.3 Å². The number of carbonyl (C=O) groups is 7. The monoisotopic (exact) mass is 1550 g/mol. The zero-order chi connectivity index (χ0) is 76.0. The fourth-order valence-corrected chi connectivity index (χ4v) is 14.2. The van der Waals surface area contributed by atoms with Gasteiger partial charge in [-0.05, 0) is 24.8 Å². The number of thioether (sulfide) groups is 3. The van der Waals surface area contributed by atoms with Crippen molar-refractivity contribution in [1.82, 2.24) is 37.2 Å². The first-order valence-electron chi connectivity index (χ1n) is 35.8. The van der Waals surface area contributed by atoms with E-state index in [4.69, 9.17) is 62.4 Å². The van der Waals surface area contributed by atoms with Gasteiger partial charge in [0.25, 0.3) is 0 Å². The molecule has 602 valence electrons. The molecule has 0 aliphatic carbocycles. The van der Waals surface area contributed by atoms with Crippen LogP contribution < -0.4 is 37.2 Å². The number of azide groups is 1. The zero-order valence-corrected chi connectivity index (χ0v) is 62.9. The second kappa shape index (κ2) is 58.7. The molecular formula is C65H118N10O26S3. The van der Waals surface area contributed by atoms with Gasteiger partial charge in [0.2, 0.25) is 35.4 Å². The molecule has 0 bridgehead atoms. The Bertz CT molecular complexity index is 2330. The maximum absolute atomic E-state index is 13.6. The maximum atomic E-state index is 13.6. The van der Waals surface area contributed by atoms with Crippen LogP contribution in [0.15, 0.2) is 5.11 Å². The van der Waals surface area contributed by atoms with Crippen molar-refractivity contribution in [2.45, 2.75) is 156 Å². The minimum atomic E-state index is -1.35. The highest BCUT2D eigenvalue weighted by Gasteiger charge is 2.42. The number of aliphatic hydroxyl groups excluding tert-OH is 7. The Morgan fingerprint density at radius 3 is 1.09 bits per heavy atom. The van der Waals surface area contributed by atoms with Crippen molar-refractivity contribution < 1.29 is 126 Å². The zero-order valence-electron chi connectivity index (χ0n) is 60.5. The minimum Gasteiger partial charge on any atom is -0.447 e. The summed E-state index contributed by atoms with van der Waals surface area (Å²) >= 11 is 4.16. The highest BCUT2D eigenvalue weighted by Crippen LogP contribution is 2.35. The Morgan fingerprint density at radius 1 is 0.433 bits per heavy atom. The lowest BCUT2D eigenvalue weighted by molar-refractivity contribution is -0.181. The van der Waals surface area contributed by atoms with E-state index in [1.54, 1.807) is 6.92 Å². The first kappa shape index (κ1) is 93.9. The average Bonchev–Trinajstić information content (AvgIpc) is 0.831. The van der Waals surface area contributed by atoms with Crippen LogP contribution in [-0.2, 0) is 85.6 Å². The molecular weight excluding hydrogens is 1430 g/mol. The fraction of sp³-hybridized carbons (Fsp3) is 0.892. The number of aliphatic hydroxyl groups is 7. The number of rotatable bonds is 61. The second-order valence-electron chi connectivity index (χ2n) is 24.9. The minimum absolute atomic E-state index is 0.0116. The van der Waals surface area contributed by atoms with Crippen LogP contribution in [0.5, 0.6) is 0 Å². The number of nitrogens with one attached hydrogen (secondary N) is 7. The van der Waals surface area contributed by atoms with Crippen molar-refractivity contribution in [3.05, 3.63) is 10.4 Å². The highest BCUT2D eigenvalue weighted by molar-refractivity contribution is 8.00. The SMILES string of the molecule is CC1C(O)CC(CO)OC1SCCC(=O)NCCOCCOCCNC(=O)CCC(CCC(=O)NCCOCCOCCNC(=O)CCSC1OC(CO)CC(O)C1C)(CCC(=O)NCCOCCOCCNC(=O)CCSC1OC(CO)C(O)C(O)C1C)NC(=O)OCCOCCOCCN=[N+]=[N-]. The van der Waals surface area contributed by atoms with Crippen molar-refractivity contribution in [2.75, 3.05) is 195 Å². The third-order valence-electron chi connectivity index (χ3n) is 16.8. The third kappa shape index (κ3) is 43.1. The summed E-state index contributed by atoms with van der Waals surface area (Å²) < 4.78 is 67.3. The molecule has 3 fully saturated rings. The lowest BCUT2D eigenvalue weighted by Gasteiger charge is -2.40. The van der Waals surface area contributed by atoms with Gasteiger partial charge in [0.05, 0.1) is 156 Å². The van der Waals surface area contributed by atoms with Crippen LogP contribution in [-0.4, -0.2) is 337 Å². The van der Waals surface area contributed by atoms with E-state index in [1.807, 2.05) is 13.8 Å². The molecule has 3 aliphatic rings. The largest absolute Gasteiger partial charge is 0.447 e. The molecule has 0 aromatic carbocycles. The van der Waals surface area contributed by atoms with Gasteiger partial charge in [0.15, 0.2) is 0 Å². The molecule has 0 aromatic rings. The lowest BCUT2D eigenvalue weighted by Crippen LogP contribution is -2.53. The standard InChI is InChI=1S/C65H118N10O26S3/c1-45-50(79)40-48(42-76)99-61(45)102-37-7-56(84)70-16-23-93-30-27-90-20-13-67-53(81)4-10-65(74-64(89)98-36-35-97-34-33-96-26-19-73-75-66,11-5-54(82)68-14-21-91-28-31-94-24-17-71-57(85)8-38-103-62-46(2)51(80)41-49(43-77)100-62)12-6-55(83)69-15-22-92-29-32-95-25-18-72-58(86)9-39-104-63-47(3)59(87)60(88)52(44-78)101-63/h45-52,59-63,76-80,87-88H,4-44H2,1-3H3,(H,67,81)(H,68,82)(H,69,83)(H,70,84)(H,71,85)(H,72,86)(H,74,89). The Balaban J connectivity index is 1.48. The highest BCUT2D eigenvalue weighted by atomic mass is 32.2. The first-order chi connectivity index (χ1) is 50.2. The number of ether oxygens (including phenoxy) is 12. The van der Waals surface area contributed by atoms with Crippen LogP contribution in [0.4, 0.5) is 4.79 Å². The van der Waals surface area contributed by atoms with E-state index in [-0.39, 0.29) is 270 Å². The lowest BCUT2D eigenvalue weighted by atomic mass is 9.83. The van der Waals surface area contributed by atoms with Gasteiger partial charge in [-0.3, -0.25) is 28.8 Å². The number of nitrogens with zero attached hydrogens (tertiary/aromatic N) is 3. The molecule has 39 heteroatoms. The van der Waals surface area contributed by atoms with Gasteiger partial charge in [0, 0.05) is 143 Å². The van der Waals surface area contributed by atoms with Gasteiger partial charge in [-0.2, -0.15) is 0 Å². The smallest absolute Gasteiger partial charge is 0.407 e. The van der Waals surface area contributed by atoms with Crippen LogP contribution in [0.3, 0.4) is 0 Å². The summed E-state index contributed by atoms with van der Waals surface area (Å²) in [5.41, 5.74) is 5.94. The molecule has 13 unspecified atom stereocenters. The van der Waals surface area contributed by atoms with E-state index >= 15 is 0 Å². The van der Waals surface area contributed by atoms with Crippen molar-refractivity contribution in [3.63, 3.8) is 0 Å². The van der Waals surface area contributed by atoms with Gasteiger partial charge in [-0.25, -0.2) is 4.79 Å². The quantitative estimate of drug-likeness (QED) is 0.0144. The molecule has 3 heterocycles. The number of carbonyl (C=O) groups excluding carboxylic acids is 7. The summed E-state index contributed by atoms with van der Waals surface area (Å²) in [5, 5.41) is 92.4. The molecule has 0 spiro atoms. The Kier molecular flexibility index (Phi) is 53.0. The summed E-state index contributed by atoms with van der Waals surface area (Å²) in [5.74, 6) is -1.15. The Labute approximate surface area is 621 Å². The van der Waals surface area contributed by atoms with Crippen LogP contribution in [0.2, 0.25) is 0 Å². The van der Waals surface area contributed by atoms with Gasteiger partial charge in [-0.1, -0.05) is 25.9 Å². The molecule has 0 aromatic heterocycles. The van der Waals surface area contributed by atoms with E-state index in [0.29, 0.717) is 30.1 Å². The fourth-order valence-electron chi connectivity index (χ4n) is 10.5. The molecule has 0 radical (unpaired) electrons. The van der Waals surface area contributed by atoms with Gasteiger partial charge >= 0.3 is 6.09 Å². The number of alkyl carbamates (subject to hydrolysis) is 1. The Hall–Kier alpha value is -4.27. The van der Waals surface area contributed by atoms with Crippen LogP contribution in [0.25, 0.3) is 10.4 Å². The van der Waals surface area contributed by atoms with E-state index in [9.17, 15) is 69.3 Å². The summed E-state index contributed by atoms with van der Waals surface area (Å²) in [4.78, 5) is 93.9. The number of hydrogen-bond donors (Lipinski definition) is 14. The van der Waals surface area contributed by atoms with Gasteiger partial charge in [0.1, 0.15) is 35.1 Å². The third-order valence-corrected chi connectivity index (χ3v) is 20.7. The number of hydrogen-bond acceptors (Lipinski definition) is 30. The summed E-state index contributed by atoms with van der Waals surface area (Å²) in [6.07, 6.45) is -5.32. The van der Waals surface area contributed by atoms with Crippen molar-refractivity contribution in [1.29, 1.82) is 0 Å². The topological polar surface area (TPSA) is 505 Å². The predicted octanol–water partition coefficient (Wildman–Crippen LogP) is -1.41. The van der Waals surface area contributed by atoms with E-state index in [1.165, 1.54) is 35.3 Å². The maximum Gasteiger partial charge on any atom is 0.407 e. The van der Waals surface area contributed by atoms with Crippen molar-refractivity contribution >= 4 is 76.8 Å². The van der Waals surface area contributed by atoms with Crippen LogP contribution >= 0.6 is 35.3 Å². The van der Waals surface area contributed by atoms with Crippen LogP contribution in [0.1, 0.15) is 91.4 Å². The van der Waals surface area contributed by atoms with E-state index < -0.39 is 90.0 Å². The molecule has 3 aliphatic heterocycles. The van der Waals surface area contributed by atoms with Crippen LogP contribution in [0, 0.1) is 17.8 Å². The molecule has 0 saturated carbocycles. The van der Waals surface area contributed by atoms with E-state index in [2.05, 4.69) is 47.2 Å². The number of amides is 7. The first-order valence-corrected chi connectivity index (χ1v) is 38.9. The molecule has 3 saturated heterocycles. The normalized spacial score (nSPS) is 23.7. The second-order valence-corrected chi connectivity index (χ2v) is 28.5. The summed E-state index contributed by atoms with van der Waals surface area (Å²) in [7, 11) is 0. The summed E-state index contributed by atoms with van der Waals surface area (Å²) in [6, 6.07) is 0. The molecule has 7 amide bonds. The summed E-state index contributed by atoms with van der Waals surface area (Å²) in [6.45, 7) is 8.53. The predicted molar refractivity (Wildman–Crippen MR) is 383 cm³/mol. The van der Waals surface area contributed by atoms with Gasteiger partial charge < -0.3 is 130 Å². The molecule has 36 nitrogen and oxygen atoms in total. The van der Waals surface area contributed by atoms with Crippen molar-refractivity contribution in [3.8, 4) is 0 Å². The Morgan fingerprint density at radius 2 is 0.750 bits per heavy atom. The average molecular weight is 1550 g/mol.